The van der Waals surface area contributed by atoms with Crippen LogP contribution in [0.2, 0.25) is 0 Å². The van der Waals surface area contributed by atoms with Gasteiger partial charge in [-0.1, -0.05) is 30.3 Å². The van der Waals surface area contributed by atoms with E-state index in [1.54, 1.807) is 12.1 Å². The normalized spacial score (nSPS) is 14.2. The van der Waals surface area contributed by atoms with Gasteiger partial charge in [-0.3, -0.25) is 4.31 Å². The molecule has 1 aliphatic rings. The van der Waals surface area contributed by atoms with Gasteiger partial charge in [0, 0.05) is 0 Å². The van der Waals surface area contributed by atoms with E-state index >= 15 is 0 Å². The van der Waals surface area contributed by atoms with E-state index in [0.29, 0.717) is 17.5 Å². The van der Waals surface area contributed by atoms with Crippen molar-refractivity contribution in [2.24, 2.45) is 0 Å². The maximum absolute atomic E-state index is 13.3. The fraction of sp³-hybridized carbons (Fsp3) is 0.217. The lowest BCUT2D eigenvalue weighted by molar-refractivity contribution is -0.137. The number of alkyl halides is 3. The van der Waals surface area contributed by atoms with Crippen LogP contribution in [-0.2, 0) is 16.2 Å². The van der Waals surface area contributed by atoms with Crippen LogP contribution >= 0.6 is 0 Å². The van der Waals surface area contributed by atoms with Crippen molar-refractivity contribution in [3.05, 3.63) is 77.4 Å². The highest BCUT2D eigenvalue weighted by atomic mass is 32.2. The second-order valence-corrected chi connectivity index (χ2v) is 9.26. The van der Waals surface area contributed by atoms with E-state index in [-0.39, 0.29) is 13.2 Å². The second kappa shape index (κ2) is 7.60. The van der Waals surface area contributed by atoms with Crippen LogP contribution in [0.25, 0.3) is 11.1 Å². The second-order valence-electron chi connectivity index (χ2n) is 7.40. The van der Waals surface area contributed by atoms with Gasteiger partial charge < -0.3 is 4.74 Å². The minimum atomic E-state index is -4.63. The van der Waals surface area contributed by atoms with Crippen molar-refractivity contribution in [3.8, 4) is 16.9 Å². The van der Waals surface area contributed by atoms with Crippen LogP contribution in [0, 0.1) is 13.8 Å². The van der Waals surface area contributed by atoms with Crippen LogP contribution in [0.5, 0.6) is 5.75 Å². The Morgan fingerprint density at radius 1 is 0.935 bits per heavy atom. The minimum absolute atomic E-state index is 0.00177. The number of anilines is 1. The molecule has 1 aliphatic heterocycles. The van der Waals surface area contributed by atoms with Crippen molar-refractivity contribution in [1.29, 1.82) is 0 Å². The summed E-state index contributed by atoms with van der Waals surface area (Å²) in [5, 5.41) is 0. The first-order chi connectivity index (χ1) is 14.6. The molecule has 3 aromatic carbocycles. The van der Waals surface area contributed by atoms with Gasteiger partial charge in [-0.25, -0.2) is 8.42 Å². The van der Waals surface area contributed by atoms with Crippen LogP contribution in [-0.4, -0.2) is 21.6 Å². The third-order valence-electron chi connectivity index (χ3n) is 5.30. The summed E-state index contributed by atoms with van der Waals surface area (Å²) in [5.74, 6) is 0.372. The molecule has 0 aliphatic carbocycles. The molecule has 0 amide bonds. The Morgan fingerprint density at radius 3 is 2.29 bits per heavy atom. The third kappa shape index (κ3) is 3.87. The molecule has 0 bridgehead atoms. The van der Waals surface area contributed by atoms with Crippen LogP contribution in [0.3, 0.4) is 0 Å². The molecule has 162 valence electrons. The molecule has 0 N–H and O–H groups in total. The van der Waals surface area contributed by atoms with Crippen LogP contribution in [0.4, 0.5) is 18.9 Å². The number of aryl methyl sites for hydroxylation is 2. The fourth-order valence-corrected chi connectivity index (χ4v) is 5.33. The van der Waals surface area contributed by atoms with Gasteiger partial charge in [-0.05, 0) is 66.4 Å². The first kappa shape index (κ1) is 21.2. The van der Waals surface area contributed by atoms with E-state index in [1.165, 1.54) is 6.07 Å². The first-order valence-electron chi connectivity index (χ1n) is 9.62. The smallest absolute Gasteiger partial charge is 0.416 e. The summed E-state index contributed by atoms with van der Waals surface area (Å²) in [4.78, 5) is -0.410. The predicted octanol–water partition coefficient (Wildman–Crippen LogP) is 5.58. The lowest BCUT2D eigenvalue weighted by Gasteiger charge is -2.31. The number of hydrogen-bond donors (Lipinski definition) is 0. The lowest BCUT2D eigenvalue weighted by atomic mass is 9.95. The minimum Gasteiger partial charge on any atom is -0.489 e. The van der Waals surface area contributed by atoms with E-state index in [2.05, 4.69) is 0 Å². The molecule has 0 spiro atoms. The van der Waals surface area contributed by atoms with Crippen molar-refractivity contribution >= 4 is 15.7 Å². The van der Waals surface area contributed by atoms with Gasteiger partial charge in [0.1, 0.15) is 12.4 Å². The summed E-state index contributed by atoms with van der Waals surface area (Å²) >= 11 is 0. The van der Waals surface area contributed by atoms with Gasteiger partial charge in [0.2, 0.25) is 0 Å². The first-order valence-corrected chi connectivity index (χ1v) is 11.1. The van der Waals surface area contributed by atoms with Gasteiger partial charge in [0.05, 0.1) is 22.7 Å². The Balaban J connectivity index is 1.83. The quantitative estimate of drug-likeness (QED) is 0.527. The number of hydrogen-bond acceptors (Lipinski definition) is 3. The Bertz CT molecular complexity index is 1230. The van der Waals surface area contributed by atoms with Gasteiger partial charge in [-0.15, -0.1) is 0 Å². The zero-order valence-corrected chi connectivity index (χ0v) is 17.7. The highest BCUT2D eigenvalue weighted by Gasteiger charge is 2.35. The summed E-state index contributed by atoms with van der Waals surface area (Å²) in [6.07, 6.45) is -4.63. The molecule has 0 atom stereocenters. The highest BCUT2D eigenvalue weighted by Crippen LogP contribution is 2.40. The number of sulfonamides is 1. The Hall–Kier alpha value is -3.00. The molecular weight excluding hydrogens is 427 g/mol. The summed E-state index contributed by atoms with van der Waals surface area (Å²) in [6, 6.07) is 14.9. The summed E-state index contributed by atoms with van der Waals surface area (Å²) < 4.78 is 72.8. The molecular formula is C23H20F3NO3S. The molecule has 1 heterocycles. The van der Waals surface area contributed by atoms with Crippen LogP contribution in [0.1, 0.15) is 16.7 Å². The Labute approximate surface area is 178 Å². The van der Waals surface area contributed by atoms with Crippen LogP contribution < -0.4 is 9.04 Å². The molecule has 0 saturated heterocycles. The number of rotatable bonds is 3. The molecule has 0 fully saturated rings. The van der Waals surface area contributed by atoms with Crippen molar-refractivity contribution < 1.29 is 26.3 Å². The molecule has 3 aromatic rings. The molecule has 4 nitrogen and oxygen atoms in total. The standard InChI is InChI=1S/C23H20F3NO3S/c1-15-5-3-6-16(2)22(15)17-9-10-21-20(13-17)27(11-12-30-21)31(28,29)19-8-4-7-18(14-19)23(24,25)26/h3-10,13-14H,11-12H2,1-2H3. The van der Waals surface area contributed by atoms with Gasteiger partial charge in [0.25, 0.3) is 10.0 Å². The summed E-state index contributed by atoms with van der Waals surface area (Å²) in [5.41, 5.74) is 3.15. The highest BCUT2D eigenvalue weighted by molar-refractivity contribution is 7.92. The molecule has 0 unspecified atom stereocenters. The molecule has 0 aromatic heterocycles. The van der Waals surface area contributed by atoms with Crippen molar-refractivity contribution in [2.75, 3.05) is 17.5 Å². The lowest BCUT2D eigenvalue weighted by Crippen LogP contribution is -2.38. The Morgan fingerprint density at radius 2 is 1.61 bits per heavy atom. The molecule has 8 heteroatoms. The molecule has 4 rings (SSSR count). The van der Waals surface area contributed by atoms with E-state index in [1.807, 2.05) is 38.1 Å². The summed E-state index contributed by atoms with van der Waals surface area (Å²) in [6.45, 7) is 4.04. The fourth-order valence-electron chi connectivity index (χ4n) is 3.83. The van der Waals surface area contributed by atoms with E-state index in [9.17, 15) is 21.6 Å². The van der Waals surface area contributed by atoms with Crippen molar-refractivity contribution in [1.82, 2.24) is 0 Å². The average molecular weight is 447 g/mol. The maximum atomic E-state index is 13.3. The van der Waals surface area contributed by atoms with Crippen molar-refractivity contribution in [3.63, 3.8) is 0 Å². The van der Waals surface area contributed by atoms with Gasteiger partial charge in [-0.2, -0.15) is 13.2 Å². The molecule has 31 heavy (non-hydrogen) atoms. The number of halogens is 3. The SMILES string of the molecule is Cc1cccc(C)c1-c1ccc2c(c1)N(S(=O)(=O)c1cccc(C(F)(F)F)c1)CCO2. The maximum Gasteiger partial charge on any atom is 0.416 e. The number of benzene rings is 3. The third-order valence-corrected chi connectivity index (χ3v) is 7.11. The number of ether oxygens (including phenoxy) is 1. The average Bonchev–Trinajstić information content (AvgIpc) is 2.72. The molecule has 0 radical (unpaired) electrons. The topological polar surface area (TPSA) is 46.6 Å². The van der Waals surface area contributed by atoms with E-state index < -0.39 is 26.7 Å². The van der Waals surface area contributed by atoms with Crippen LogP contribution in [0.15, 0.2) is 65.6 Å². The number of fused-ring (bicyclic) bond motifs is 1. The van der Waals surface area contributed by atoms with E-state index in [0.717, 1.165) is 38.7 Å². The molecule has 0 saturated carbocycles. The monoisotopic (exact) mass is 447 g/mol. The van der Waals surface area contributed by atoms with E-state index in [4.69, 9.17) is 4.74 Å². The Kier molecular flexibility index (Phi) is 5.21. The zero-order valence-electron chi connectivity index (χ0n) is 16.9. The zero-order chi connectivity index (χ0) is 22.4. The van der Waals surface area contributed by atoms with Crippen molar-refractivity contribution in [2.45, 2.75) is 24.9 Å². The number of nitrogens with zero attached hydrogens (tertiary/aromatic N) is 1. The van der Waals surface area contributed by atoms with Gasteiger partial charge in [0.15, 0.2) is 0 Å². The van der Waals surface area contributed by atoms with Gasteiger partial charge >= 0.3 is 6.18 Å². The summed E-state index contributed by atoms with van der Waals surface area (Å²) in [7, 11) is -4.22. The predicted molar refractivity (Wildman–Crippen MR) is 113 cm³/mol. The largest absolute Gasteiger partial charge is 0.489 e.